The average Bonchev–Trinajstić information content (AvgIpc) is 2.72. The summed E-state index contributed by atoms with van der Waals surface area (Å²) in [5, 5.41) is 6.39. The van der Waals surface area contributed by atoms with Gasteiger partial charge in [0.2, 0.25) is 5.91 Å². The lowest BCUT2D eigenvalue weighted by molar-refractivity contribution is -0.121. The standard InChI is InChI=1S/C15H22N2O/c1-11(2)16-10-9-15(18)17-14-8-7-12-5-3-4-6-13(12)14/h3-6,11,14,16H,7-10H2,1-2H3,(H,17,18). The van der Waals surface area contributed by atoms with Crippen LogP contribution in [0.15, 0.2) is 24.3 Å². The Morgan fingerprint density at radius 2 is 2.17 bits per heavy atom. The smallest absolute Gasteiger partial charge is 0.221 e. The first-order chi connectivity index (χ1) is 8.66. The molecule has 0 heterocycles. The normalized spacial score (nSPS) is 17.8. The van der Waals surface area contributed by atoms with Crippen molar-refractivity contribution in [3.8, 4) is 0 Å². The third kappa shape index (κ3) is 3.33. The molecule has 1 unspecified atom stereocenters. The summed E-state index contributed by atoms with van der Waals surface area (Å²) in [5.74, 6) is 0.143. The van der Waals surface area contributed by atoms with Gasteiger partial charge in [-0.3, -0.25) is 4.79 Å². The van der Waals surface area contributed by atoms with Crippen LogP contribution in [0, 0.1) is 0 Å². The summed E-state index contributed by atoms with van der Waals surface area (Å²) in [6.45, 7) is 4.92. The molecule has 2 rings (SSSR count). The van der Waals surface area contributed by atoms with Crippen molar-refractivity contribution in [2.45, 2.75) is 45.2 Å². The maximum atomic E-state index is 11.8. The summed E-state index contributed by atoms with van der Waals surface area (Å²) in [6.07, 6.45) is 2.66. The maximum Gasteiger partial charge on any atom is 0.221 e. The molecule has 0 bridgehead atoms. The van der Waals surface area contributed by atoms with Gasteiger partial charge < -0.3 is 10.6 Å². The summed E-state index contributed by atoms with van der Waals surface area (Å²) < 4.78 is 0. The number of rotatable bonds is 5. The number of carbonyl (C=O) groups is 1. The van der Waals surface area contributed by atoms with Crippen LogP contribution < -0.4 is 10.6 Å². The summed E-state index contributed by atoms with van der Waals surface area (Å²) in [6, 6.07) is 9.04. The van der Waals surface area contributed by atoms with E-state index in [0.29, 0.717) is 12.5 Å². The van der Waals surface area contributed by atoms with E-state index in [1.54, 1.807) is 0 Å². The molecule has 0 aromatic heterocycles. The number of hydrogen-bond donors (Lipinski definition) is 2. The predicted molar refractivity (Wildman–Crippen MR) is 73.4 cm³/mol. The van der Waals surface area contributed by atoms with Gasteiger partial charge in [0.1, 0.15) is 0 Å². The second-order valence-corrected chi connectivity index (χ2v) is 5.22. The van der Waals surface area contributed by atoms with Crippen molar-refractivity contribution in [3.63, 3.8) is 0 Å². The number of fused-ring (bicyclic) bond motifs is 1. The zero-order chi connectivity index (χ0) is 13.0. The molecule has 1 atom stereocenters. The molecular weight excluding hydrogens is 224 g/mol. The number of amides is 1. The van der Waals surface area contributed by atoms with Crippen molar-refractivity contribution in [1.82, 2.24) is 10.6 Å². The van der Waals surface area contributed by atoms with E-state index in [2.05, 4.69) is 42.7 Å². The van der Waals surface area contributed by atoms with Crippen molar-refractivity contribution in [3.05, 3.63) is 35.4 Å². The molecule has 0 fully saturated rings. The lowest BCUT2D eigenvalue weighted by Crippen LogP contribution is -2.32. The minimum absolute atomic E-state index is 0.143. The fourth-order valence-electron chi connectivity index (χ4n) is 2.45. The Morgan fingerprint density at radius 1 is 1.39 bits per heavy atom. The average molecular weight is 246 g/mol. The van der Waals surface area contributed by atoms with Gasteiger partial charge >= 0.3 is 0 Å². The Labute approximate surface area is 109 Å². The van der Waals surface area contributed by atoms with Gasteiger partial charge in [-0.2, -0.15) is 0 Å². The van der Waals surface area contributed by atoms with Gasteiger partial charge in [0.15, 0.2) is 0 Å². The Balaban J connectivity index is 1.82. The minimum atomic E-state index is 0.143. The molecule has 0 saturated carbocycles. The molecule has 18 heavy (non-hydrogen) atoms. The Kier molecular flexibility index (Phi) is 4.37. The highest BCUT2D eigenvalue weighted by molar-refractivity contribution is 5.76. The Morgan fingerprint density at radius 3 is 2.94 bits per heavy atom. The third-order valence-corrected chi connectivity index (χ3v) is 3.37. The van der Waals surface area contributed by atoms with Crippen LogP contribution in [0.4, 0.5) is 0 Å². The molecule has 1 amide bonds. The van der Waals surface area contributed by atoms with E-state index in [0.717, 1.165) is 19.4 Å². The van der Waals surface area contributed by atoms with Crippen LogP contribution in [-0.4, -0.2) is 18.5 Å². The highest BCUT2D eigenvalue weighted by Gasteiger charge is 2.22. The second kappa shape index (κ2) is 6.01. The third-order valence-electron chi connectivity index (χ3n) is 3.37. The zero-order valence-corrected chi connectivity index (χ0v) is 11.2. The number of aryl methyl sites for hydroxylation is 1. The van der Waals surface area contributed by atoms with E-state index < -0.39 is 0 Å². The Hall–Kier alpha value is -1.35. The van der Waals surface area contributed by atoms with Gasteiger partial charge in [-0.1, -0.05) is 38.1 Å². The first-order valence-electron chi connectivity index (χ1n) is 6.77. The molecular formula is C15H22N2O. The van der Waals surface area contributed by atoms with E-state index in [4.69, 9.17) is 0 Å². The van der Waals surface area contributed by atoms with Crippen molar-refractivity contribution < 1.29 is 4.79 Å². The lowest BCUT2D eigenvalue weighted by atomic mass is 10.1. The van der Waals surface area contributed by atoms with Crippen LogP contribution >= 0.6 is 0 Å². The fraction of sp³-hybridized carbons (Fsp3) is 0.533. The Bertz CT molecular complexity index is 415. The van der Waals surface area contributed by atoms with E-state index in [1.165, 1.54) is 11.1 Å². The van der Waals surface area contributed by atoms with Crippen molar-refractivity contribution in [2.24, 2.45) is 0 Å². The molecule has 0 aliphatic heterocycles. The fourth-order valence-corrected chi connectivity index (χ4v) is 2.45. The molecule has 1 aromatic carbocycles. The first-order valence-corrected chi connectivity index (χ1v) is 6.77. The minimum Gasteiger partial charge on any atom is -0.349 e. The summed E-state index contributed by atoms with van der Waals surface area (Å²) >= 11 is 0. The predicted octanol–water partition coefficient (Wildman–Crippen LogP) is 2.18. The molecule has 3 nitrogen and oxygen atoms in total. The largest absolute Gasteiger partial charge is 0.349 e. The monoisotopic (exact) mass is 246 g/mol. The molecule has 1 aliphatic rings. The van der Waals surface area contributed by atoms with Crippen molar-refractivity contribution in [1.29, 1.82) is 0 Å². The highest BCUT2D eigenvalue weighted by Crippen LogP contribution is 2.30. The number of carbonyl (C=O) groups excluding carboxylic acids is 1. The quantitative estimate of drug-likeness (QED) is 0.836. The van der Waals surface area contributed by atoms with E-state index in [1.807, 2.05) is 6.07 Å². The zero-order valence-electron chi connectivity index (χ0n) is 11.2. The van der Waals surface area contributed by atoms with Crippen LogP contribution in [-0.2, 0) is 11.2 Å². The SMILES string of the molecule is CC(C)NCCC(=O)NC1CCc2ccccc21. The number of hydrogen-bond acceptors (Lipinski definition) is 2. The van der Waals surface area contributed by atoms with Crippen molar-refractivity contribution >= 4 is 5.91 Å². The number of benzene rings is 1. The molecule has 1 aliphatic carbocycles. The summed E-state index contributed by atoms with van der Waals surface area (Å²) in [7, 11) is 0. The van der Waals surface area contributed by atoms with Crippen LogP contribution in [0.5, 0.6) is 0 Å². The van der Waals surface area contributed by atoms with Gasteiger partial charge in [-0.25, -0.2) is 0 Å². The highest BCUT2D eigenvalue weighted by atomic mass is 16.1. The van der Waals surface area contributed by atoms with Crippen LogP contribution in [0.2, 0.25) is 0 Å². The maximum absolute atomic E-state index is 11.8. The molecule has 3 heteroatoms. The van der Waals surface area contributed by atoms with Gasteiger partial charge in [-0.15, -0.1) is 0 Å². The van der Waals surface area contributed by atoms with Crippen LogP contribution in [0.1, 0.15) is 43.9 Å². The summed E-state index contributed by atoms with van der Waals surface area (Å²) in [4.78, 5) is 11.8. The topological polar surface area (TPSA) is 41.1 Å². The van der Waals surface area contributed by atoms with Gasteiger partial charge in [0.25, 0.3) is 0 Å². The van der Waals surface area contributed by atoms with Gasteiger partial charge in [0, 0.05) is 19.0 Å². The van der Waals surface area contributed by atoms with E-state index in [-0.39, 0.29) is 11.9 Å². The molecule has 0 spiro atoms. The van der Waals surface area contributed by atoms with Crippen LogP contribution in [0.25, 0.3) is 0 Å². The number of nitrogens with one attached hydrogen (secondary N) is 2. The first kappa shape index (κ1) is 13.1. The second-order valence-electron chi connectivity index (χ2n) is 5.22. The van der Waals surface area contributed by atoms with Crippen LogP contribution in [0.3, 0.4) is 0 Å². The van der Waals surface area contributed by atoms with Gasteiger partial charge in [0.05, 0.1) is 6.04 Å². The van der Waals surface area contributed by atoms with Crippen molar-refractivity contribution in [2.75, 3.05) is 6.54 Å². The van der Waals surface area contributed by atoms with Gasteiger partial charge in [-0.05, 0) is 24.0 Å². The van der Waals surface area contributed by atoms with E-state index >= 15 is 0 Å². The lowest BCUT2D eigenvalue weighted by Gasteiger charge is -2.14. The molecule has 1 aromatic rings. The molecule has 2 N–H and O–H groups in total. The van der Waals surface area contributed by atoms with E-state index in [9.17, 15) is 4.79 Å². The molecule has 0 radical (unpaired) electrons. The molecule has 0 saturated heterocycles. The summed E-state index contributed by atoms with van der Waals surface area (Å²) in [5.41, 5.74) is 2.67. The molecule has 98 valence electrons.